The minimum Gasteiger partial charge on any atom is -0.294 e. The van der Waals surface area contributed by atoms with E-state index >= 15 is 0 Å². The monoisotopic (exact) mass is 196 g/mol. The number of nitrogens with two attached hydrogens (primary N) is 1. The van der Waals surface area contributed by atoms with Gasteiger partial charge in [0.05, 0.1) is 5.92 Å². The summed E-state index contributed by atoms with van der Waals surface area (Å²) in [5, 5.41) is 0. The number of hydrogen-bond acceptors (Lipinski definition) is 3. The van der Waals surface area contributed by atoms with Crippen LogP contribution in [-0.2, 0) is 4.79 Å². The Morgan fingerprint density at radius 3 is 3.31 bits per heavy atom. The van der Waals surface area contributed by atoms with Gasteiger partial charge in [0.25, 0.3) is 0 Å². The van der Waals surface area contributed by atoms with Gasteiger partial charge in [0.1, 0.15) is 0 Å². The Morgan fingerprint density at radius 1 is 1.69 bits per heavy atom. The zero-order valence-corrected chi connectivity index (χ0v) is 8.01. The Morgan fingerprint density at radius 2 is 2.54 bits per heavy atom. The smallest absolute Gasteiger partial charge is 0.238 e. The van der Waals surface area contributed by atoms with Gasteiger partial charge in [0, 0.05) is 11.7 Å². The van der Waals surface area contributed by atoms with Crippen LogP contribution in [0.4, 0.5) is 0 Å². The second kappa shape index (κ2) is 3.55. The first-order valence-electron chi connectivity index (χ1n) is 4.33. The van der Waals surface area contributed by atoms with Crippen LogP contribution >= 0.6 is 11.8 Å². The van der Waals surface area contributed by atoms with Crippen molar-refractivity contribution in [1.82, 2.24) is 5.43 Å². The molecule has 70 valence electrons. The summed E-state index contributed by atoms with van der Waals surface area (Å²) in [6.07, 6.45) is 7.23. The van der Waals surface area contributed by atoms with Crippen molar-refractivity contribution in [3.63, 3.8) is 0 Å². The van der Waals surface area contributed by atoms with E-state index in [-0.39, 0.29) is 11.8 Å². The number of hydrogen-bond donors (Lipinski definition) is 2. The molecule has 1 amide bonds. The van der Waals surface area contributed by atoms with Crippen molar-refractivity contribution < 1.29 is 4.79 Å². The van der Waals surface area contributed by atoms with E-state index in [1.165, 1.54) is 4.91 Å². The van der Waals surface area contributed by atoms with Gasteiger partial charge >= 0.3 is 0 Å². The number of nitrogens with one attached hydrogen (secondary N) is 1. The average molecular weight is 196 g/mol. The van der Waals surface area contributed by atoms with Crippen LogP contribution in [0.1, 0.15) is 6.42 Å². The molecular weight excluding hydrogens is 184 g/mol. The van der Waals surface area contributed by atoms with Gasteiger partial charge in [-0.15, -0.1) is 11.8 Å². The number of allylic oxidation sites excluding steroid dienone is 4. The van der Waals surface area contributed by atoms with E-state index in [9.17, 15) is 4.79 Å². The van der Waals surface area contributed by atoms with Gasteiger partial charge in [0.2, 0.25) is 5.91 Å². The normalized spacial score (nSPS) is 31.0. The van der Waals surface area contributed by atoms with Gasteiger partial charge in [0.15, 0.2) is 0 Å². The van der Waals surface area contributed by atoms with Crippen molar-refractivity contribution in [3.05, 3.63) is 23.1 Å². The second-order valence-corrected chi connectivity index (χ2v) is 4.36. The summed E-state index contributed by atoms with van der Waals surface area (Å²) in [6.45, 7) is 0. The van der Waals surface area contributed by atoms with Crippen LogP contribution in [0.25, 0.3) is 0 Å². The summed E-state index contributed by atoms with van der Waals surface area (Å²) >= 11 is 1.77. The highest BCUT2D eigenvalue weighted by Gasteiger charge is 2.36. The average Bonchev–Trinajstić information content (AvgIpc) is 2.60. The van der Waals surface area contributed by atoms with E-state index < -0.39 is 0 Å². The van der Waals surface area contributed by atoms with Gasteiger partial charge in [-0.25, -0.2) is 5.84 Å². The summed E-state index contributed by atoms with van der Waals surface area (Å²) in [5.41, 5.74) is 2.24. The lowest BCUT2D eigenvalue weighted by Crippen LogP contribution is -2.38. The predicted molar refractivity (Wildman–Crippen MR) is 53.6 cm³/mol. The summed E-state index contributed by atoms with van der Waals surface area (Å²) in [5.74, 6) is 6.39. The third-order valence-electron chi connectivity index (χ3n) is 2.55. The van der Waals surface area contributed by atoms with Crippen molar-refractivity contribution in [3.8, 4) is 0 Å². The molecule has 4 heteroatoms. The summed E-state index contributed by atoms with van der Waals surface area (Å²) in [4.78, 5) is 12.7. The lowest BCUT2D eigenvalue weighted by atomic mass is 9.88. The highest BCUT2D eigenvalue weighted by molar-refractivity contribution is 8.03. The lowest BCUT2D eigenvalue weighted by molar-refractivity contribution is -0.125. The topological polar surface area (TPSA) is 55.1 Å². The standard InChI is InChI=1S/C9H12N2OS/c10-11-9(12)7-5-13-8-4-2-1-3-6(7)8/h1-2,4,6-7H,3,5,10H2,(H,11,12). The molecule has 2 rings (SSSR count). The zero-order chi connectivity index (χ0) is 9.26. The highest BCUT2D eigenvalue weighted by Crippen LogP contribution is 2.44. The first-order chi connectivity index (χ1) is 6.33. The van der Waals surface area contributed by atoms with Crippen molar-refractivity contribution >= 4 is 17.7 Å². The molecule has 0 radical (unpaired) electrons. The van der Waals surface area contributed by atoms with Gasteiger partial charge in [-0.2, -0.15) is 0 Å². The Bertz CT molecular complexity index is 285. The van der Waals surface area contributed by atoms with E-state index in [2.05, 4.69) is 23.7 Å². The number of rotatable bonds is 1. The Kier molecular flexibility index (Phi) is 2.42. The second-order valence-electron chi connectivity index (χ2n) is 3.27. The lowest BCUT2D eigenvalue weighted by Gasteiger charge is -2.18. The van der Waals surface area contributed by atoms with E-state index in [1.807, 2.05) is 0 Å². The summed E-state index contributed by atoms with van der Waals surface area (Å²) in [7, 11) is 0. The third-order valence-corrected chi connectivity index (χ3v) is 3.84. The molecule has 0 bridgehead atoms. The Hall–Kier alpha value is -0.740. The SMILES string of the molecule is NNC(=O)C1CSC2=CC=CCC21. The maximum absolute atomic E-state index is 11.4. The van der Waals surface area contributed by atoms with E-state index in [1.54, 1.807) is 11.8 Å². The van der Waals surface area contributed by atoms with Crippen LogP contribution in [0.15, 0.2) is 23.1 Å². The van der Waals surface area contributed by atoms with Crippen LogP contribution in [0.3, 0.4) is 0 Å². The van der Waals surface area contributed by atoms with Crippen molar-refractivity contribution in [2.75, 3.05) is 5.75 Å². The van der Waals surface area contributed by atoms with E-state index in [0.29, 0.717) is 5.92 Å². The minimum atomic E-state index is -0.0313. The van der Waals surface area contributed by atoms with Gasteiger partial charge < -0.3 is 0 Å². The molecule has 1 saturated heterocycles. The van der Waals surface area contributed by atoms with Crippen LogP contribution in [0, 0.1) is 11.8 Å². The molecule has 2 aliphatic rings. The van der Waals surface area contributed by atoms with E-state index in [0.717, 1.165) is 12.2 Å². The first-order valence-corrected chi connectivity index (χ1v) is 5.31. The van der Waals surface area contributed by atoms with E-state index in [4.69, 9.17) is 5.84 Å². The molecule has 1 fully saturated rings. The van der Waals surface area contributed by atoms with Crippen LogP contribution in [0.2, 0.25) is 0 Å². The molecule has 0 aromatic rings. The number of amides is 1. The molecule has 13 heavy (non-hydrogen) atoms. The van der Waals surface area contributed by atoms with Crippen LogP contribution < -0.4 is 11.3 Å². The largest absolute Gasteiger partial charge is 0.294 e. The van der Waals surface area contributed by atoms with Crippen LogP contribution in [-0.4, -0.2) is 11.7 Å². The fraction of sp³-hybridized carbons (Fsp3) is 0.444. The molecule has 3 N–H and O–H groups in total. The molecule has 1 aliphatic carbocycles. The molecular formula is C9H12N2OS. The maximum atomic E-state index is 11.4. The quantitative estimate of drug-likeness (QED) is 0.370. The molecule has 1 aliphatic heterocycles. The molecule has 0 saturated carbocycles. The van der Waals surface area contributed by atoms with Gasteiger partial charge in [-0.3, -0.25) is 10.2 Å². The molecule has 3 nitrogen and oxygen atoms in total. The number of hydrazine groups is 1. The van der Waals surface area contributed by atoms with Gasteiger partial charge in [-0.05, 0) is 11.3 Å². The highest BCUT2D eigenvalue weighted by atomic mass is 32.2. The van der Waals surface area contributed by atoms with Crippen molar-refractivity contribution in [2.45, 2.75) is 6.42 Å². The zero-order valence-electron chi connectivity index (χ0n) is 7.19. The molecule has 1 heterocycles. The Balaban J connectivity index is 2.14. The van der Waals surface area contributed by atoms with Crippen molar-refractivity contribution in [2.24, 2.45) is 17.7 Å². The first kappa shape index (κ1) is 8.84. The fourth-order valence-electron chi connectivity index (χ4n) is 1.81. The summed E-state index contributed by atoms with van der Waals surface area (Å²) < 4.78 is 0. The number of fused-ring (bicyclic) bond motifs is 1. The fourth-order valence-corrected chi connectivity index (χ4v) is 3.22. The third kappa shape index (κ3) is 1.51. The maximum Gasteiger partial charge on any atom is 0.238 e. The van der Waals surface area contributed by atoms with Crippen molar-refractivity contribution in [1.29, 1.82) is 0 Å². The molecule has 2 atom stereocenters. The van der Waals surface area contributed by atoms with Gasteiger partial charge in [-0.1, -0.05) is 18.2 Å². The number of thioether (sulfide) groups is 1. The minimum absolute atomic E-state index is 0.0313. The molecule has 0 aromatic heterocycles. The summed E-state index contributed by atoms with van der Waals surface area (Å²) in [6, 6.07) is 0. The molecule has 2 unspecified atom stereocenters. The Labute approximate surface area is 81.4 Å². The number of carbonyl (C=O) groups excluding carboxylic acids is 1. The molecule has 0 spiro atoms. The predicted octanol–water partition coefficient (Wildman–Crippen LogP) is 0.799. The van der Waals surface area contributed by atoms with Crippen LogP contribution in [0.5, 0.6) is 0 Å². The number of carbonyl (C=O) groups is 1. The molecule has 0 aromatic carbocycles.